The lowest BCUT2D eigenvalue weighted by Crippen LogP contribution is -2.38. The zero-order valence-corrected chi connectivity index (χ0v) is 16.9. The van der Waals surface area contributed by atoms with Gasteiger partial charge in [0.1, 0.15) is 0 Å². The molecular formula is C20H27Cl2N3O2. The second-order valence-corrected chi connectivity index (χ2v) is 7.10. The summed E-state index contributed by atoms with van der Waals surface area (Å²) in [6.07, 6.45) is 7.38. The Hall–Kier alpha value is -1.56. The van der Waals surface area contributed by atoms with Gasteiger partial charge in [-0.2, -0.15) is 0 Å². The Kier molecular flexibility index (Phi) is 8.14. The Bertz CT molecular complexity index is 723. The van der Waals surface area contributed by atoms with Gasteiger partial charge in [-0.1, -0.05) is 30.3 Å². The van der Waals surface area contributed by atoms with Crippen LogP contribution in [0.15, 0.2) is 40.9 Å². The van der Waals surface area contributed by atoms with Crippen molar-refractivity contribution in [3.05, 3.63) is 42.4 Å². The summed E-state index contributed by atoms with van der Waals surface area (Å²) >= 11 is 0. The molecule has 0 spiro atoms. The predicted molar refractivity (Wildman–Crippen MR) is 111 cm³/mol. The van der Waals surface area contributed by atoms with Gasteiger partial charge in [-0.15, -0.1) is 24.8 Å². The van der Waals surface area contributed by atoms with E-state index in [0.29, 0.717) is 30.8 Å². The van der Waals surface area contributed by atoms with Crippen molar-refractivity contribution in [1.29, 1.82) is 0 Å². The Morgan fingerprint density at radius 1 is 1.15 bits per heavy atom. The molecule has 148 valence electrons. The first-order valence-corrected chi connectivity index (χ1v) is 9.32. The molecule has 2 fully saturated rings. The molecule has 1 N–H and O–H groups in total. The van der Waals surface area contributed by atoms with E-state index in [2.05, 4.69) is 10.3 Å². The number of hydrogen-bond donors (Lipinski definition) is 1. The highest BCUT2D eigenvalue weighted by Crippen LogP contribution is 2.22. The van der Waals surface area contributed by atoms with E-state index in [9.17, 15) is 4.79 Å². The minimum Gasteiger partial charge on any atom is -0.441 e. The van der Waals surface area contributed by atoms with Crippen LogP contribution in [-0.4, -0.2) is 41.0 Å². The first-order chi connectivity index (χ1) is 12.3. The smallest absolute Gasteiger partial charge is 0.222 e. The molecule has 7 heteroatoms. The lowest BCUT2D eigenvalue weighted by Gasteiger charge is -2.24. The summed E-state index contributed by atoms with van der Waals surface area (Å²) in [5.74, 6) is 1.77. The van der Waals surface area contributed by atoms with E-state index in [1.54, 1.807) is 6.20 Å². The number of aryl methyl sites for hydroxylation is 1. The van der Waals surface area contributed by atoms with Gasteiger partial charge in [0.05, 0.1) is 6.20 Å². The second kappa shape index (κ2) is 10.1. The summed E-state index contributed by atoms with van der Waals surface area (Å²) in [6, 6.07) is 11.1. The number of benzene rings is 1. The highest BCUT2D eigenvalue weighted by Gasteiger charge is 2.30. The van der Waals surface area contributed by atoms with Crippen LogP contribution >= 0.6 is 24.8 Å². The van der Waals surface area contributed by atoms with Gasteiger partial charge in [0.2, 0.25) is 5.91 Å². The molecule has 1 aromatic heterocycles. The molecule has 2 aromatic rings. The molecule has 2 bridgehead atoms. The highest BCUT2D eigenvalue weighted by atomic mass is 35.5. The molecule has 2 aliphatic rings. The number of fused-ring (bicyclic) bond motifs is 2. The topological polar surface area (TPSA) is 58.4 Å². The third kappa shape index (κ3) is 5.47. The standard InChI is InChI=1S/C20H25N3O2.2ClH/c24-20(23-12-11-16-9-10-17(14-23)22-16)8-4-7-19-21-13-18(25-19)15-5-2-1-3-6-15;;/h1-3,5-6,13,16-17,22H,4,7-12,14H2;2*1H. The summed E-state index contributed by atoms with van der Waals surface area (Å²) < 4.78 is 5.81. The fourth-order valence-corrected chi connectivity index (χ4v) is 3.88. The largest absolute Gasteiger partial charge is 0.441 e. The van der Waals surface area contributed by atoms with Gasteiger partial charge in [0.25, 0.3) is 0 Å². The molecule has 0 radical (unpaired) electrons. The number of likely N-dealkylation sites (tertiary alicyclic amines) is 1. The van der Waals surface area contributed by atoms with E-state index in [-0.39, 0.29) is 30.7 Å². The van der Waals surface area contributed by atoms with Crippen LogP contribution < -0.4 is 5.32 Å². The SMILES string of the molecule is Cl.Cl.O=C(CCCc1ncc(-c2ccccc2)o1)N1CCC2CCC(C1)N2. The van der Waals surface area contributed by atoms with Crippen molar-refractivity contribution < 1.29 is 9.21 Å². The van der Waals surface area contributed by atoms with Crippen LogP contribution in [0.4, 0.5) is 0 Å². The summed E-state index contributed by atoms with van der Waals surface area (Å²) in [7, 11) is 0. The Labute approximate surface area is 172 Å². The molecule has 4 rings (SSSR count). The van der Waals surface area contributed by atoms with Crippen LogP contribution in [0.3, 0.4) is 0 Å². The molecule has 2 atom stereocenters. The van der Waals surface area contributed by atoms with Gasteiger partial charge >= 0.3 is 0 Å². The first-order valence-electron chi connectivity index (χ1n) is 9.32. The van der Waals surface area contributed by atoms with Gasteiger partial charge in [-0.25, -0.2) is 4.98 Å². The van der Waals surface area contributed by atoms with E-state index in [4.69, 9.17) is 4.42 Å². The van der Waals surface area contributed by atoms with Gasteiger partial charge in [-0.3, -0.25) is 4.79 Å². The van der Waals surface area contributed by atoms with Crippen molar-refractivity contribution >= 4 is 30.7 Å². The summed E-state index contributed by atoms with van der Waals surface area (Å²) in [6.45, 7) is 1.76. The number of halogens is 2. The quantitative estimate of drug-likeness (QED) is 0.810. The van der Waals surface area contributed by atoms with Crippen LogP contribution in [0, 0.1) is 0 Å². The van der Waals surface area contributed by atoms with E-state index in [0.717, 1.165) is 37.3 Å². The minimum absolute atomic E-state index is 0. The summed E-state index contributed by atoms with van der Waals surface area (Å²) in [5, 5.41) is 3.62. The number of amides is 1. The number of hydrogen-bond acceptors (Lipinski definition) is 4. The van der Waals surface area contributed by atoms with Crippen molar-refractivity contribution in [3.63, 3.8) is 0 Å². The fourth-order valence-electron chi connectivity index (χ4n) is 3.88. The average molecular weight is 412 g/mol. The molecule has 0 saturated carbocycles. The van der Waals surface area contributed by atoms with Crippen LogP contribution in [0.25, 0.3) is 11.3 Å². The number of rotatable bonds is 5. The van der Waals surface area contributed by atoms with Crippen LogP contribution in [-0.2, 0) is 11.2 Å². The number of nitrogens with one attached hydrogen (secondary N) is 1. The third-order valence-electron chi connectivity index (χ3n) is 5.27. The average Bonchev–Trinajstić information content (AvgIpc) is 3.22. The zero-order valence-electron chi connectivity index (χ0n) is 15.3. The molecule has 3 heterocycles. The molecule has 0 aliphatic carbocycles. The summed E-state index contributed by atoms with van der Waals surface area (Å²) in [5.41, 5.74) is 1.03. The molecule has 1 aromatic carbocycles. The minimum atomic E-state index is 0. The van der Waals surface area contributed by atoms with Crippen molar-refractivity contribution in [1.82, 2.24) is 15.2 Å². The molecular weight excluding hydrogens is 385 g/mol. The van der Waals surface area contributed by atoms with E-state index >= 15 is 0 Å². The van der Waals surface area contributed by atoms with E-state index < -0.39 is 0 Å². The van der Waals surface area contributed by atoms with E-state index in [1.807, 2.05) is 35.2 Å². The molecule has 5 nitrogen and oxygen atoms in total. The van der Waals surface area contributed by atoms with Crippen molar-refractivity contribution in [2.24, 2.45) is 0 Å². The number of carbonyl (C=O) groups excluding carboxylic acids is 1. The van der Waals surface area contributed by atoms with E-state index in [1.165, 1.54) is 12.8 Å². The molecule has 27 heavy (non-hydrogen) atoms. The number of nitrogens with zero attached hydrogens (tertiary/aromatic N) is 2. The van der Waals surface area contributed by atoms with Gasteiger partial charge in [0.15, 0.2) is 11.7 Å². The van der Waals surface area contributed by atoms with Crippen LogP contribution in [0.1, 0.15) is 38.0 Å². The van der Waals surface area contributed by atoms with Crippen molar-refractivity contribution in [2.45, 2.75) is 50.6 Å². The monoisotopic (exact) mass is 411 g/mol. The maximum Gasteiger partial charge on any atom is 0.222 e. The lowest BCUT2D eigenvalue weighted by molar-refractivity contribution is -0.131. The van der Waals surface area contributed by atoms with Crippen LogP contribution in [0.5, 0.6) is 0 Å². The highest BCUT2D eigenvalue weighted by molar-refractivity contribution is 5.85. The lowest BCUT2D eigenvalue weighted by atomic mass is 10.1. The third-order valence-corrected chi connectivity index (χ3v) is 5.27. The number of oxazole rings is 1. The van der Waals surface area contributed by atoms with Crippen LogP contribution in [0.2, 0.25) is 0 Å². The fraction of sp³-hybridized carbons (Fsp3) is 0.500. The predicted octanol–water partition coefficient (Wildman–Crippen LogP) is 3.86. The molecule has 2 aliphatic heterocycles. The number of carbonyl (C=O) groups is 1. The first kappa shape index (κ1) is 21.7. The molecule has 2 saturated heterocycles. The summed E-state index contributed by atoms with van der Waals surface area (Å²) in [4.78, 5) is 18.9. The normalized spacial score (nSPS) is 21.1. The van der Waals surface area contributed by atoms with Gasteiger partial charge < -0.3 is 14.6 Å². The van der Waals surface area contributed by atoms with Gasteiger partial charge in [0, 0.05) is 43.6 Å². The number of aromatic nitrogens is 1. The molecule has 2 unspecified atom stereocenters. The van der Waals surface area contributed by atoms with Crippen molar-refractivity contribution in [3.8, 4) is 11.3 Å². The van der Waals surface area contributed by atoms with Crippen molar-refractivity contribution in [2.75, 3.05) is 13.1 Å². The maximum absolute atomic E-state index is 12.5. The Morgan fingerprint density at radius 2 is 1.93 bits per heavy atom. The van der Waals surface area contributed by atoms with Gasteiger partial charge in [-0.05, 0) is 25.7 Å². The molecule has 1 amide bonds. The maximum atomic E-state index is 12.5. The Morgan fingerprint density at radius 3 is 2.74 bits per heavy atom. The zero-order chi connectivity index (χ0) is 17.1. The Balaban J connectivity index is 0.00000131. The second-order valence-electron chi connectivity index (χ2n) is 7.10.